The number of nitrogens with zero attached hydrogens (tertiary/aromatic N) is 2. The molecule has 0 radical (unpaired) electrons. The summed E-state index contributed by atoms with van der Waals surface area (Å²) >= 11 is 0. The number of phosphoric acid groups is 1. The van der Waals surface area contributed by atoms with Crippen molar-refractivity contribution in [1.82, 2.24) is 9.94 Å². The number of aryl methyl sites for hydroxylation is 2. The average Bonchev–Trinajstić information content (AvgIpc) is 2.07. The van der Waals surface area contributed by atoms with E-state index in [0.717, 1.165) is 10.4 Å². The quantitative estimate of drug-likeness (QED) is 0.645. The van der Waals surface area contributed by atoms with Crippen molar-refractivity contribution in [2.24, 2.45) is 0 Å². The number of hydrogen-bond acceptors (Lipinski definition) is 3. The summed E-state index contributed by atoms with van der Waals surface area (Å²) in [6.07, 6.45) is 1.40. The zero-order valence-electron chi connectivity index (χ0n) is 6.63. The van der Waals surface area contributed by atoms with Crippen molar-refractivity contribution in [2.45, 2.75) is 13.8 Å². The van der Waals surface area contributed by atoms with Gasteiger partial charge < -0.3 is 0 Å². The molecule has 0 aliphatic heterocycles. The van der Waals surface area contributed by atoms with Gasteiger partial charge in [0, 0.05) is 0 Å². The van der Waals surface area contributed by atoms with E-state index >= 15 is 0 Å². The van der Waals surface area contributed by atoms with Gasteiger partial charge in [0.25, 0.3) is 0 Å². The first-order valence-electron chi connectivity index (χ1n) is 3.17. The predicted molar refractivity (Wildman–Crippen MR) is 40.3 cm³/mol. The molecule has 0 spiro atoms. The Morgan fingerprint density at radius 2 is 2.17 bits per heavy atom. The Morgan fingerprint density at radius 3 is 2.50 bits per heavy atom. The Labute approximate surface area is 69.0 Å². The fraction of sp³-hybridized carbons (Fsp3) is 0.400. The van der Waals surface area contributed by atoms with Gasteiger partial charge in [-0.2, -0.15) is 0 Å². The first-order valence-corrected chi connectivity index (χ1v) is 4.70. The van der Waals surface area contributed by atoms with Crippen molar-refractivity contribution in [3.8, 4) is 0 Å². The molecule has 7 heteroatoms. The summed E-state index contributed by atoms with van der Waals surface area (Å²) in [6, 6.07) is 0. The molecule has 0 amide bonds. The maximum absolute atomic E-state index is 10.3. The molecule has 0 aromatic carbocycles. The van der Waals surface area contributed by atoms with Gasteiger partial charge in [-0.25, -0.2) is 4.57 Å². The standard InChI is InChI=1S/C5H9N2O4P/c1-4-3-7(6-5(4)2)11-12(8,9)10/h3H,1-2H3,(H2,8,9,10). The summed E-state index contributed by atoms with van der Waals surface area (Å²) in [5.74, 6) is 0. The Balaban J connectivity index is 2.85. The molecule has 12 heavy (non-hydrogen) atoms. The van der Waals surface area contributed by atoms with Crippen molar-refractivity contribution >= 4 is 7.82 Å². The van der Waals surface area contributed by atoms with E-state index in [-0.39, 0.29) is 0 Å². The molecule has 0 unspecified atom stereocenters. The maximum atomic E-state index is 10.3. The highest BCUT2D eigenvalue weighted by atomic mass is 31.2. The third-order valence-electron chi connectivity index (χ3n) is 1.31. The lowest BCUT2D eigenvalue weighted by Gasteiger charge is -2.03. The second-order valence-corrected chi connectivity index (χ2v) is 3.52. The van der Waals surface area contributed by atoms with Gasteiger partial charge in [-0.05, 0) is 19.4 Å². The van der Waals surface area contributed by atoms with E-state index in [0.29, 0.717) is 5.69 Å². The van der Waals surface area contributed by atoms with E-state index < -0.39 is 7.82 Å². The lowest BCUT2D eigenvalue weighted by Crippen LogP contribution is -2.08. The maximum Gasteiger partial charge on any atom is 0.545 e. The first kappa shape index (κ1) is 9.25. The highest BCUT2D eigenvalue weighted by Crippen LogP contribution is 2.31. The molecule has 0 aliphatic carbocycles. The van der Waals surface area contributed by atoms with E-state index in [9.17, 15) is 4.57 Å². The monoisotopic (exact) mass is 192 g/mol. The summed E-state index contributed by atoms with van der Waals surface area (Å²) in [5.41, 5.74) is 1.48. The van der Waals surface area contributed by atoms with Crippen LogP contribution < -0.4 is 4.62 Å². The van der Waals surface area contributed by atoms with Crippen LogP contribution in [-0.2, 0) is 4.57 Å². The normalized spacial score (nSPS) is 11.7. The summed E-state index contributed by atoms with van der Waals surface area (Å²) < 4.78 is 14.5. The minimum absolute atomic E-state index is 0.670. The largest absolute Gasteiger partial charge is 0.545 e. The third kappa shape index (κ3) is 2.34. The fourth-order valence-electron chi connectivity index (χ4n) is 0.665. The molecule has 1 aromatic rings. The van der Waals surface area contributed by atoms with Crippen LogP contribution in [0.25, 0.3) is 0 Å². The second kappa shape index (κ2) is 2.90. The number of aromatic nitrogens is 2. The third-order valence-corrected chi connectivity index (χ3v) is 1.69. The Hall–Kier alpha value is -0.840. The molecule has 68 valence electrons. The molecule has 0 saturated carbocycles. The molecule has 1 heterocycles. The Bertz CT molecular complexity index is 309. The molecular formula is C5H9N2O4P. The SMILES string of the molecule is Cc1cn(OP(=O)(O)O)nc1C. The second-order valence-electron chi connectivity index (χ2n) is 2.37. The molecule has 0 fully saturated rings. The van der Waals surface area contributed by atoms with Gasteiger partial charge in [0.2, 0.25) is 0 Å². The molecule has 1 rings (SSSR count). The van der Waals surface area contributed by atoms with Gasteiger partial charge in [0.1, 0.15) is 0 Å². The summed E-state index contributed by atoms with van der Waals surface area (Å²) in [6.45, 7) is 3.48. The van der Waals surface area contributed by atoms with Crippen LogP contribution in [0.2, 0.25) is 0 Å². The topological polar surface area (TPSA) is 84.6 Å². The van der Waals surface area contributed by atoms with Gasteiger partial charge in [-0.1, -0.05) is 4.85 Å². The zero-order valence-corrected chi connectivity index (χ0v) is 7.52. The molecule has 0 atom stereocenters. The Morgan fingerprint density at radius 1 is 1.58 bits per heavy atom. The predicted octanol–water partition coefficient (Wildman–Crippen LogP) is 0.0212. The lowest BCUT2D eigenvalue weighted by molar-refractivity contribution is 0.154. The van der Waals surface area contributed by atoms with Gasteiger partial charge in [0.05, 0.1) is 11.9 Å². The van der Waals surface area contributed by atoms with Gasteiger partial charge in [0.15, 0.2) is 0 Å². The van der Waals surface area contributed by atoms with Crippen LogP contribution >= 0.6 is 7.82 Å². The molecule has 6 nitrogen and oxygen atoms in total. The average molecular weight is 192 g/mol. The van der Waals surface area contributed by atoms with Crippen LogP contribution in [0.4, 0.5) is 0 Å². The van der Waals surface area contributed by atoms with E-state index in [4.69, 9.17) is 9.79 Å². The van der Waals surface area contributed by atoms with Crippen LogP contribution in [0.3, 0.4) is 0 Å². The minimum atomic E-state index is -4.49. The van der Waals surface area contributed by atoms with Crippen molar-refractivity contribution < 1.29 is 19.0 Å². The highest BCUT2D eigenvalue weighted by molar-refractivity contribution is 7.46. The molecule has 2 N–H and O–H groups in total. The minimum Gasteiger partial charge on any atom is -0.293 e. The summed E-state index contributed by atoms with van der Waals surface area (Å²) in [7, 11) is -4.49. The fourth-order valence-corrected chi connectivity index (χ4v) is 0.967. The summed E-state index contributed by atoms with van der Waals surface area (Å²) in [5, 5.41) is 3.70. The van der Waals surface area contributed by atoms with E-state index in [1.807, 2.05) is 0 Å². The highest BCUT2D eigenvalue weighted by Gasteiger charge is 2.17. The molecular weight excluding hydrogens is 183 g/mol. The molecule has 1 aromatic heterocycles. The molecule has 0 bridgehead atoms. The lowest BCUT2D eigenvalue weighted by atomic mass is 10.3. The number of rotatable bonds is 2. The number of hydrogen-bond donors (Lipinski definition) is 2. The van der Waals surface area contributed by atoms with Gasteiger partial charge in [-0.15, -0.1) is 5.10 Å². The molecule has 0 aliphatic rings. The van der Waals surface area contributed by atoms with E-state index in [1.54, 1.807) is 13.8 Å². The van der Waals surface area contributed by atoms with E-state index in [2.05, 4.69) is 9.72 Å². The zero-order chi connectivity index (χ0) is 9.35. The van der Waals surface area contributed by atoms with Crippen molar-refractivity contribution in [2.75, 3.05) is 0 Å². The van der Waals surface area contributed by atoms with Gasteiger partial charge >= 0.3 is 7.82 Å². The van der Waals surface area contributed by atoms with Crippen LogP contribution in [0.5, 0.6) is 0 Å². The molecule has 0 saturated heterocycles. The van der Waals surface area contributed by atoms with E-state index in [1.165, 1.54) is 6.20 Å². The Kier molecular flexibility index (Phi) is 2.23. The van der Waals surface area contributed by atoms with Crippen LogP contribution in [0, 0.1) is 13.8 Å². The van der Waals surface area contributed by atoms with Gasteiger partial charge in [-0.3, -0.25) is 14.4 Å². The smallest absolute Gasteiger partial charge is 0.293 e. The van der Waals surface area contributed by atoms with Crippen LogP contribution in [-0.4, -0.2) is 19.7 Å². The van der Waals surface area contributed by atoms with Crippen LogP contribution in [0.1, 0.15) is 11.3 Å². The summed E-state index contributed by atoms with van der Waals surface area (Å²) in [4.78, 5) is 17.6. The first-order chi connectivity index (χ1) is 5.38. The van der Waals surface area contributed by atoms with Crippen molar-refractivity contribution in [1.29, 1.82) is 0 Å². The van der Waals surface area contributed by atoms with Crippen molar-refractivity contribution in [3.05, 3.63) is 17.5 Å². The van der Waals surface area contributed by atoms with Crippen molar-refractivity contribution in [3.63, 3.8) is 0 Å². The van der Waals surface area contributed by atoms with Crippen LogP contribution in [0.15, 0.2) is 6.20 Å².